The summed E-state index contributed by atoms with van der Waals surface area (Å²) in [5.41, 5.74) is 0.843. The Bertz CT molecular complexity index is 959. The second kappa shape index (κ2) is 7.46. The molecule has 0 saturated carbocycles. The molecule has 1 aliphatic heterocycles. The standard InChI is InChI=1S/C19H19F3N4OS/c20-19(21,22)17-23-14-4-1-2-5-15(14)26(17)12-13-7-9-25(10-8-13)18(27)24-16-6-3-11-28-16/h1-6,11,13H,7-10,12H2,(H,24,27). The van der Waals surface area contributed by atoms with Crippen molar-refractivity contribution in [1.29, 1.82) is 0 Å². The van der Waals surface area contributed by atoms with Gasteiger partial charge in [-0.1, -0.05) is 12.1 Å². The molecule has 5 nitrogen and oxygen atoms in total. The number of likely N-dealkylation sites (tertiary alicyclic amines) is 1. The summed E-state index contributed by atoms with van der Waals surface area (Å²) >= 11 is 1.45. The van der Waals surface area contributed by atoms with Gasteiger partial charge in [0.1, 0.15) is 0 Å². The quantitative estimate of drug-likeness (QED) is 0.659. The van der Waals surface area contributed by atoms with Crippen LogP contribution in [0.4, 0.5) is 23.0 Å². The first-order chi connectivity index (χ1) is 13.4. The Morgan fingerprint density at radius 2 is 1.93 bits per heavy atom. The number of imidazole rings is 1. The van der Waals surface area contributed by atoms with Gasteiger partial charge in [0.15, 0.2) is 0 Å². The van der Waals surface area contributed by atoms with E-state index in [0.29, 0.717) is 37.0 Å². The topological polar surface area (TPSA) is 50.2 Å². The predicted octanol–water partition coefficient (Wildman–Crippen LogP) is 5.06. The lowest BCUT2D eigenvalue weighted by Crippen LogP contribution is -2.41. The van der Waals surface area contributed by atoms with Crippen LogP contribution < -0.4 is 5.32 Å². The molecule has 1 N–H and O–H groups in total. The fraction of sp³-hybridized carbons (Fsp3) is 0.368. The molecular weight excluding hydrogens is 389 g/mol. The van der Waals surface area contributed by atoms with E-state index in [-0.39, 0.29) is 18.5 Å². The van der Waals surface area contributed by atoms with E-state index in [0.717, 1.165) is 5.00 Å². The number of hydrogen-bond donors (Lipinski definition) is 1. The van der Waals surface area contributed by atoms with Crippen molar-refractivity contribution in [1.82, 2.24) is 14.5 Å². The van der Waals surface area contributed by atoms with Gasteiger partial charge in [0.2, 0.25) is 5.82 Å². The van der Waals surface area contributed by atoms with Crippen LogP contribution in [0.15, 0.2) is 41.8 Å². The van der Waals surface area contributed by atoms with E-state index >= 15 is 0 Å². The minimum absolute atomic E-state index is 0.0597. The van der Waals surface area contributed by atoms with Gasteiger partial charge < -0.3 is 9.47 Å². The first-order valence-electron chi connectivity index (χ1n) is 9.04. The van der Waals surface area contributed by atoms with Gasteiger partial charge in [-0.05, 0) is 48.4 Å². The normalized spacial score (nSPS) is 15.9. The number of nitrogens with zero attached hydrogens (tertiary/aromatic N) is 3. The van der Waals surface area contributed by atoms with E-state index in [2.05, 4.69) is 10.3 Å². The van der Waals surface area contributed by atoms with Crippen LogP contribution in [0.5, 0.6) is 0 Å². The molecule has 3 aromatic rings. The summed E-state index contributed by atoms with van der Waals surface area (Å²) in [6.45, 7) is 1.29. The lowest BCUT2D eigenvalue weighted by molar-refractivity contribution is -0.147. The average molecular weight is 408 g/mol. The zero-order chi connectivity index (χ0) is 19.7. The lowest BCUT2D eigenvalue weighted by Gasteiger charge is -2.32. The summed E-state index contributed by atoms with van der Waals surface area (Å²) in [5.74, 6) is -0.795. The zero-order valence-corrected chi connectivity index (χ0v) is 15.8. The van der Waals surface area contributed by atoms with Crippen molar-refractivity contribution >= 4 is 33.4 Å². The van der Waals surface area contributed by atoms with Crippen LogP contribution in [0.25, 0.3) is 11.0 Å². The van der Waals surface area contributed by atoms with Crippen LogP contribution in [-0.4, -0.2) is 33.6 Å². The molecule has 2 amide bonds. The number of carbonyl (C=O) groups excluding carboxylic acids is 1. The molecule has 0 bridgehead atoms. The smallest absolute Gasteiger partial charge is 0.324 e. The number of piperidine rings is 1. The Morgan fingerprint density at radius 1 is 1.18 bits per heavy atom. The van der Waals surface area contributed by atoms with Crippen molar-refractivity contribution in [2.24, 2.45) is 5.92 Å². The van der Waals surface area contributed by atoms with E-state index in [1.54, 1.807) is 29.2 Å². The number of urea groups is 1. The average Bonchev–Trinajstić information content (AvgIpc) is 3.30. The maximum absolute atomic E-state index is 13.4. The maximum Gasteiger partial charge on any atom is 0.449 e. The molecule has 0 unspecified atom stereocenters. The number of aromatic nitrogens is 2. The highest BCUT2D eigenvalue weighted by atomic mass is 32.1. The number of anilines is 1. The number of halogens is 3. The SMILES string of the molecule is O=C(Nc1cccs1)N1CCC(Cn2c(C(F)(F)F)nc3ccccc32)CC1. The van der Waals surface area contributed by atoms with Crippen LogP contribution in [0.1, 0.15) is 18.7 Å². The van der Waals surface area contributed by atoms with Crippen molar-refractivity contribution in [3.05, 3.63) is 47.6 Å². The molecule has 1 fully saturated rings. The highest BCUT2D eigenvalue weighted by Gasteiger charge is 2.38. The lowest BCUT2D eigenvalue weighted by atomic mass is 9.96. The summed E-state index contributed by atoms with van der Waals surface area (Å²) in [6.07, 6.45) is -3.19. The van der Waals surface area contributed by atoms with Crippen LogP contribution in [0, 0.1) is 5.92 Å². The third kappa shape index (κ3) is 3.84. The molecule has 2 aromatic heterocycles. The molecule has 1 aliphatic rings. The highest BCUT2D eigenvalue weighted by molar-refractivity contribution is 7.14. The van der Waals surface area contributed by atoms with Crippen LogP contribution in [-0.2, 0) is 12.7 Å². The van der Waals surface area contributed by atoms with Crippen molar-refractivity contribution in [3.63, 3.8) is 0 Å². The van der Waals surface area contributed by atoms with Gasteiger partial charge in [-0.3, -0.25) is 5.32 Å². The van der Waals surface area contributed by atoms with Gasteiger partial charge in [0.05, 0.1) is 16.0 Å². The number of amides is 2. The number of thiophene rings is 1. The maximum atomic E-state index is 13.4. The second-order valence-electron chi connectivity index (χ2n) is 6.87. The first-order valence-corrected chi connectivity index (χ1v) is 9.91. The Kier molecular flexibility index (Phi) is 5.01. The largest absolute Gasteiger partial charge is 0.449 e. The van der Waals surface area contributed by atoms with Crippen LogP contribution in [0.3, 0.4) is 0 Å². The summed E-state index contributed by atoms with van der Waals surface area (Å²) in [6, 6.07) is 10.2. The molecule has 0 spiro atoms. The van der Waals surface area contributed by atoms with E-state index in [9.17, 15) is 18.0 Å². The number of rotatable bonds is 3. The third-order valence-electron chi connectivity index (χ3n) is 5.00. The second-order valence-corrected chi connectivity index (χ2v) is 7.82. The number of carbonyl (C=O) groups is 1. The van der Waals surface area contributed by atoms with E-state index in [1.807, 2.05) is 17.5 Å². The molecule has 9 heteroatoms. The Balaban J connectivity index is 1.44. The van der Waals surface area contributed by atoms with E-state index < -0.39 is 12.0 Å². The molecule has 148 valence electrons. The van der Waals surface area contributed by atoms with E-state index in [4.69, 9.17) is 0 Å². The fourth-order valence-corrected chi connectivity index (χ4v) is 4.19. The summed E-state index contributed by atoms with van der Waals surface area (Å²) < 4.78 is 41.6. The van der Waals surface area contributed by atoms with Gasteiger partial charge in [-0.15, -0.1) is 11.3 Å². The number of benzene rings is 1. The molecule has 0 radical (unpaired) electrons. The van der Waals surface area contributed by atoms with Gasteiger partial charge in [-0.25, -0.2) is 9.78 Å². The number of alkyl halides is 3. The Morgan fingerprint density at radius 3 is 2.61 bits per heavy atom. The van der Waals surface area contributed by atoms with Crippen LogP contribution in [0.2, 0.25) is 0 Å². The monoisotopic (exact) mass is 408 g/mol. The van der Waals surface area contributed by atoms with Gasteiger partial charge in [0.25, 0.3) is 0 Å². The molecular formula is C19H19F3N4OS. The minimum atomic E-state index is -4.50. The van der Waals surface area contributed by atoms with Crippen molar-refractivity contribution in [3.8, 4) is 0 Å². The summed E-state index contributed by atoms with van der Waals surface area (Å²) in [4.78, 5) is 17.8. The number of para-hydroxylation sites is 2. The Hall–Kier alpha value is -2.55. The van der Waals surface area contributed by atoms with E-state index in [1.165, 1.54) is 15.9 Å². The van der Waals surface area contributed by atoms with Gasteiger partial charge in [0, 0.05) is 19.6 Å². The van der Waals surface area contributed by atoms with Gasteiger partial charge in [-0.2, -0.15) is 13.2 Å². The highest BCUT2D eigenvalue weighted by Crippen LogP contribution is 2.33. The van der Waals surface area contributed by atoms with Crippen molar-refractivity contribution < 1.29 is 18.0 Å². The molecule has 4 rings (SSSR count). The summed E-state index contributed by atoms with van der Waals surface area (Å²) in [7, 11) is 0. The molecule has 1 aromatic carbocycles. The first kappa shape index (κ1) is 18.8. The predicted molar refractivity (Wildman–Crippen MR) is 102 cm³/mol. The molecule has 0 aliphatic carbocycles. The number of nitrogens with one attached hydrogen (secondary N) is 1. The number of hydrogen-bond acceptors (Lipinski definition) is 3. The fourth-order valence-electron chi connectivity index (χ4n) is 3.59. The zero-order valence-electron chi connectivity index (χ0n) is 14.9. The summed E-state index contributed by atoms with van der Waals surface area (Å²) in [5, 5.41) is 5.52. The molecule has 28 heavy (non-hydrogen) atoms. The molecule has 3 heterocycles. The third-order valence-corrected chi connectivity index (χ3v) is 5.79. The van der Waals surface area contributed by atoms with Crippen molar-refractivity contribution in [2.75, 3.05) is 18.4 Å². The van der Waals surface area contributed by atoms with Crippen LogP contribution >= 0.6 is 11.3 Å². The Labute approximate surface area is 163 Å². The molecule has 0 atom stereocenters. The molecule has 1 saturated heterocycles. The number of fused-ring (bicyclic) bond motifs is 1. The van der Waals surface area contributed by atoms with Crippen molar-refractivity contribution in [2.45, 2.75) is 25.6 Å². The minimum Gasteiger partial charge on any atom is -0.324 e. The van der Waals surface area contributed by atoms with Gasteiger partial charge >= 0.3 is 12.2 Å².